The second-order valence-electron chi connectivity index (χ2n) is 4.38. The number of nitrogens with zero attached hydrogens (tertiary/aromatic N) is 1. The van der Waals surface area contributed by atoms with Gasteiger partial charge in [0.05, 0.1) is 13.2 Å². The molecule has 0 bridgehead atoms. The third-order valence-corrected chi connectivity index (χ3v) is 3.39. The van der Waals surface area contributed by atoms with E-state index in [1.165, 1.54) is 0 Å². The van der Waals surface area contributed by atoms with Crippen molar-refractivity contribution in [3.05, 3.63) is 58.3 Å². The number of aromatic nitrogens is 1. The number of hydrogen-bond acceptors (Lipinski definition) is 3. The summed E-state index contributed by atoms with van der Waals surface area (Å²) in [5, 5.41) is 10.2. The summed E-state index contributed by atoms with van der Waals surface area (Å²) in [7, 11) is 1.64. The van der Waals surface area contributed by atoms with Crippen molar-refractivity contribution in [1.82, 2.24) is 4.98 Å². The van der Waals surface area contributed by atoms with Crippen LogP contribution in [0.4, 0.5) is 0 Å². The minimum absolute atomic E-state index is 0.451. The maximum atomic E-state index is 10.2. The van der Waals surface area contributed by atoms with Crippen LogP contribution in [-0.2, 0) is 12.8 Å². The second kappa shape index (κ2) is 6.68. The van der Waals surface area contributed by atoms with E-state index in [4.69, 9.17) is 4.74 Å². The Hall–Kier alpha value is -1.39. The quantitative estimate of drug-likeness (QED) is 0.920. The van der Waals surface area contributed by atoms with E-state index in [1.54, 1.807) is 19.5 Å². The first-order chi connectivity index (χ1) is 9.19. The van der Waals surface area contributed by atoms with Crippen LogP contribution in [-0.4, -0.2) is 23.3 Å². The van der Waals surface area contributed by atoms with E-state index in [1.807, 2.05) is 30.3 Å². The van der Waals surface area contributed by atoms with E-state index in [0.29, 0.717) is 12.8 Å². The van der Waals surface area contributed by atoms with Crippen molar-refractivity contribution < 1.29 is 9.84 Å². The minimum atomic E-state index is -0.451. The molecule has 2 rings (SSSR count). The van der Waals surface area contributed by atoms with Crippen LogP contribution in [0.2, 0.25) is 0 Å². The summed E-state index contributed by atoms with van der Waals surface area (Å²) in [6.07, 6.45) is 4.20. The molecule has 0 amide bonds. The summed E-state index contributed by atoms with van der Waals surface area (Å²) >= 11 is 3.44. The highest BCUT2D eigenvalue weighted by Gasteiger charge is 2.11. The molecule has 1 aromatic heterocycles. The van der Waals surface area contributed by atoms with Crippen LogP contribution in [0.1, 0.15) is 11.1 Å². The summed E-state index contributed by atoms with van der Waals surface area (Å²) in [4.78, 5) is 4.05. The number of aliphatic hydroxyl groups is 1. The van der Waals surface area contributed by atoms with Gasteiger partial charge in [0.1, 0.15) is 5.75 Å². The Kier molecular flexibility index (Phi) is 4.93. The van der Waals surface area contributed by atoms with Gasteiger partial charge in [0.25, 0.3) is 0 Å². The molecule has 1 N–H and O–H groups in total. The number of aliphatic hydroxyl groups excluding tert-OH is 1. The molecule has 1 atom stereocenters. The van der Waals surface area contributed by atoms with Gasteiger partial charge in [-0.05, 0) is 35.4 Å². The number of pyridine rings is 1. The number of hydrogen-bond donors (Lipinski definition) is 1. The zero-order valence-electron chi connectivity index (χ0n) is 10.7. The summed E-state index contributed by atoms with van der Waals surface area (Å²) in [6.45, 7) is 0. The topological polar surface area (TPSA) is 42.4 Å². The molecule has 3 nitrogen and oxygen atoms in total. The van der Waals surface area contributed by atoms with Crippen molar-refractivity contribution in [3.63, 3.8) is 0 Å². The molecule has 0 aliphatic rings. The molecule has 2 aromatic rings. The molecule has 0 saturated heterocycles. The Morgan fingerprint density at radius 1 is 1.32 bits per heavy atom. The summed E-state index contributed by atoms with van der Waals surface area (Å²) in [5.74, 6) is 0.799. The number of methoxy groups -OCH3 is 1. The Bertz CT molecular complexity index is 531. The lowest BCUT2D eigenvalue weighted by Crippen LogP contribution is -2.14. The Morgan fingerprint density at radius 3 is 2.84 bits per heavy atom. The number of benzene rings is 1. The molecule has 0 spiro atoms. The zero-order chi connectivity index (χ0) is 13.7. The summed E-state index contributed by atoms with van der Waals surface area (Å²) < 4.78 is 6.29. The lowest BCUT2D eigenvalue weighted by Gasteiger charge is -2.13. The maximum Gasteiger partial charge on any atom is 0.122 e. The van der Waals surface area contributed by atoms with E-state index in [9.17, 15) is 5.11 Å². The highest BCUT2D eigenvalue weighted by atomic mass is 79.9. The van der Waals surface area contributed by atoms with E-state index < -0.39 is 6.10 Å². The average molecular weight is 322 g/mol. The molecule has 0 aliphatic carbocycles. The lowest BCUT2D eigenvalue weighted by molar-refractivity contribution is 0.174. The first-order valence-electron chi connectivity index (χ1n) is 6.08. The fourth-order valence-corrected chi connectivity index (χ4v) is 2.43. The van der Waals surface area contributed by atoms with Crippen molar-refractivity contribution in [2.24, 2.45) is 0 Å². The maximum absolute atomic E-state index is 10.2. The third kappa shape index (κ3) is 4.04. The van der Waals surface area contributed by atoms with Crippen LogP contribution in [0.15, 0.2) is 47.2 Å². The van der Waals surface area contributed by atoms with Crippen LogP contribution in [0.25, 0.3) is 0 Å². The molecule has 4 heteroatoms. The number of halogens is 1. The Morgan fingerprint density at radius 2 is 2.16 bits per heavy atom. The standard InChI is InChI=1S/C15H16BrNO2/c1-19-15-5-4-13(16)8-12(15)9-14(18)7-11-3-2-6-17-10-11/h2-6,8,10,14,18H,7,9H2,1H3. The SMILES string of the molecule is COc1ccc(Br)cc1CC(O)Cc1cccnc1. The van der Waals surface area contributed by atoms with Crippen LogP contribution >= 0.6 is 15.9 Å². The van der Waals surface area contributed by atoms with Gasteiger partial charge in [0.15, 0.2) is 0 Å². The molecule has 0 fully saturated rings. The van der Waals surface area contributed by atoms with E-state index in [-0.39, 0.29) is 0 Å². The van der Waals surface area contributed by atoms with Crippen molar-refractivity contribution in [1.29, 1.82) is 0 Å². The van der Waals surface area contributed by atoms with Crippen molar-refractivity contribution in [3.8, 4) is 5.75 Å². The Balaban J connectivity index is 2.06. The van der Waals surface area contributed by atoms with Gasteiger partial charge in [-0.25, -0.2) is 0 Å². The fourth-order valence-electron chi connectivity index (χ4n) is 2.02. The monoisotopic (exact) mass is 321 g/mol. The van der Waals surface area contributed by atoms with Gasteiger partial charge in [0.2, 0.25) is 0 Å². The molecule has 1 aromatic carbocycles. The molecular formula is C15H16BrNO2. The summed E-state index contributed by atoms with van der Waals surface area (Å²) in [6, 6.07) is 9.65. The molecule has 0 radical (unpaired) electrons. The minimum Gasteiger partial charge on any atom is -0.496 e. The van der Waals surface area contributed by atoms with Crippen LogP contribution in [0, 0.1) is 0 Å². The predicted molar refractivity (Wildman–Crippen MR) is 78.3 cm³/mol. The number of ether oxygens (including phenoxy) is 1. The van der Waals surface area contributed by atoms with Gasteiger partial charge in [-0.3, -0.25) is 4.98 Å². The highest BCUT2D eigenvalue weighted by molar-refractivity contribution is 9.10. The van der Waals surface area contributed by atoms with Gasteiger partial charge in [-0.15, -0.1) is 0 Å². The fraction of sp³-hybridized carbons (Fsp3) is 0.267. The summed E-state index contributed by atoms with van der Waals surface area (Å²) in [5.41, 5.74) is 2.03. The first kappa shape index (κ1) is 14.0. The van der Waals surface area contributed by atoms with Crippen LogP contribution < -0.4 is 4.74 Å². The van der Waals surface area contributed by atoms with Gasteiger partial charge < -0.3 is 9.84 Å². The van der Waals surface area contributed by atoms with Crippen molar-refractivity contribution >= 4 is 15.9 Å². The molecule has 0 aliphatic heterocycles. The van der Waals surface area contributed by atoms with E-state index in [2.05, 4.69) is 20.9 Å². The second-order valence-corrected chi connectivity index (χ2v) is 5.30. The molecule has 100 valence electrons. The Labute approximate surface area is 121 Å². The van der Waals surface area contributed by atoms with Crippen LogP contribution in [0.5, 0.6) is 5.75 Å². The van der Waals surface area contributed by atoms with E-state index in [0.717, 1.165) is 21.3 Å². The van der Waals surface area contributed by atoms with Gasteiger partial charge >= 0.3 is 0 Å². The molecule has 0 saturated carbocycles. The van der Waals surface area contributed by atoms with E-state index >= 15 is 0 Å². The largest absolute Gasteiger partial charge is 0.496 e. The highest BCUT2D eigenvalue weighted by Crippen LogP contribution is 2.24. The van der Waals surface area contributed by atoms with Crippen molar-refractivity contribution in [2.75, 3.05) is 7.11 Å². The number of rotatable bonds is 5. The van der Waals surface area contributed by atoms with Gasteiger partial charge in [-0.2, -0.15) is 0 Å². The molecule has 1 heterocycles. The smallest absolute Gasteiger partial charge is 0.122 e. The van der Waals surface area contributed by atoms with Crippen molar-refractivity contribution in [2.45, 2.75) is 18.9 Å². The first-order valence-corrected chi connectivity index (χ1v) is 6.87. The van der Waals surface area contributed by atoms with Gasteiger partial charge in [-0.1, -0.05) is 22.0 Å². The molecular weight excluding hydrogens is 306 g/mol. The average Bonchev–Trinajstić information content (AvgIpc) is 2.40. The zero-order valence-corrected chi connectivity index (χ0v) is 12.3. The molecule has 1 unspecified atom stereocenters. The lowest BCUT2D eigenvalue weighted by atomic mass is 10.0. The molecule has 19 heavy (non-hydrogen) atoms. The van der Waals surface area contributed by atoms with Crippen LogP contribution in [0.3, 0.4) is 0 Å². The third-order valence-electron chi connectivity index (χ3n) is 2.89. The predicted octanol–water partition coefficient (Wildman–Crippen LogP) is 3.00. The normalized spacial score (nSPS) is 12.2. The van der Waals surface area contributed by atoms with Gasteiger partial charge in [0, 0.05) is 29.7 Å².